The summed E-state index contributed by atoms with van der Waals surface area (Å²) in [6.45, 7) is 2.30. The van der Waals surface area contributed by atoms with Gasteiger partial charge in [0.1, 0.15) is 0 Å². The van der Waals surface area contributed by atoms with Crippen molar-refractivity contribution < 1.29 is 49.5 Å². The Balaban J connectivity index is 0.000000143. The third-order valence-corrected chi connectivity index (χ3v) is 11.7. The van der Waals surface area contributed by atoms with Gasteiger partial charge in [-0.25, -0.2) is 0 Å². The van der Waals surface area contributed by atoms with Gasteiger partial charge in [0, 0.05) is 5.92 Å². The van der Waals surface area contributed by atoms with Gasteiger partial charge in [0.15, 0.2) is 0 Å². The van der Waals surface area contributed by atoms with E-state index in [4.69, 9.17) is 0 Å². The quantitative estimate of drug-likeness (QED) is 0.192. The van der Waals surface area contributed by atoms with Gasteiger partial charge in [-0.05, 0) is 50.2 Å². The summed E-state index contributed by atoms with van der Waals surface area (Å²) in [5.41, 5.74) is 11.9. The molecule has 0 aromatic heterocycles. The molecule has 0 N–H and O–H groups in total. The average Bonchev–Trinajstić information content (AvgIpc) is 3.61. The van der Waals surface area contributed by atoms with Crippen LogP contribution < -0.4 is 24.8 Å². The van der Waals surface area contributed by atoms with E-state index in [9.17, 15) is 0 Å². The Labute approximate surface area is 303 Å². The molecule has 10 rings (SSSR count). The van der Waals surface area contributed by atoms with Crippen LogP contribution in [0.4, 0.5) is 0 Å². The number of hydrogen-bond acceptors (Lipinski definition) is 0. The van der Waals surface area contributed by atoms with Crippen LogP contribution in [0, 0.1) is 0 Å². The zero-order valence-electron chi connectivity index (χ0n) is 26.0. The molecule has 2 aliphatic rings. The van der Waals surface area contributed by atoms with Crippen LogP contribution in [0.5, 0.6) is 0 Å². The van der Waals surface area contributed by atoms with Crippen molar-refractivity contribution in [3.05, 3.63) is 168 Å². The third-order valence-electron chi connectivity index (χ3n) is 10.1. The zero-order chi connectivity index (χ0) is 30.1. The molecule has 0 unspecified atom stereocenters. The van der Waals surface area contributed by atoms with E-state index in [2.05, 4.69) is 153 Å². The summed E-state index contributed by atoms with van der Waals surface area (Å²) in [6.07, 6.45) is 1.15. The topological polar surface area (TPSA) is 0 Å². The molecule has 8 aromatic rings. The van der Waals surface area contributed by atoms with E-state index in [1.807, 2.05) is 0 Å². The maximum absolute atomic E-state index is 2.35. The Morgan fingerprint density at radius 2 is 0.660 bits per heavy atom. The normalized spacial score (nSPS) is 12.9. The molecular weight excluding hydrogens is 691 g/mol. The first-order chi connectivity index (χ1) is 22.2. The molecular formula is C44H31Cl2Zr. The van der Waals surface area contributed by atoms with Crippen LogP contribution in [0.3, 0.4) is 0 Å². The van der Waals surface area contributed by atoms with Crippen LogP contribution in [-0.4, -0.2) is 0 Å². The predicted octanol–water partition coefficient (Wildman–Crippen LogP) is 6.13. The van der Waals surface area contributed by atoms with E-state index in [0.29, 0.717) is 9.54 Å². The first-order valence-corrected chi connectivity index (χ1v) is 17.4. The molecule has 0 nitrogen and oxygen atoms in total. The molecule has 0 fully saturated rings. The maximum atomic E-state index is 2.35. The number of rotatable bonds is 1. The number of benzene rings is 8. The fraction of sp³-hybridized carbons (Fsp3) is 0.0909. The molecule has 0 amide bonds. The molecule has 2 aliphatic carbocycles. The van der Waals surface area contributed by atoms with Gasteiger partial charge >= 0.3 is 145 Å². The van der Waals surface area contributed by atoms with E-state index in [-0.39, 0.29) is 24.8 Å². The fourth-order valence-electron chi connectivity index (χ4n) is 8.11. The first-order valence-electron chi connectivity index (χ1n) is 16.0. The van der Waals surface area contributed by atoms with Crippen molar-refractivity contribution in [2.45, 2.75) is 22.9 Å². The van der Waals surface area contributed by atoms with E-state index >= 15 is 0 Å². The second-order valence-corrected chi connectivity index (χ2v) is 13.8. The molecule has 0 saturated heterocycles. The van der Waals surface area contributed by atoms with Crippen LogP contribution in [0.15, 0.2) is 146 Å². The molecule has 225 valence electrons. The monoisotopic (exact) mass is 719 g/mol. The van der Waals surface area contributed by atoms with E-state index in [1.165, 1.54) is 87.6 Å². The Morgan fingerprint density at radius 3 is 0.979 bits per heavy atom. The Morgan fingerprint density at radius 1 is 0.383 bits per heavy atom. The van der Waals surface area contributed by atoms with Crippen molar-refractivity contribution in [3.63, 3.8) is 0 Å². The van der Waals surface area contributed by atoms with Crippen LogP contribution >= 0.6 is 0 Å². The molecule has 8 aromatic carbocycles. The molecule has 0 aliphatic heterocycles. The summed E-state index contributed by atoms with van der Waals surface area (Å²) < 4.78 is 0.561. The van der Waals surface area contributed by atoms with Gasteiger partial charge in [0.25, 0.3) is 0 Å². The molecule has 3 heteroatoms. The standard InChI is InChI=1S/C23H18.C21H13.2ClH.Zr/c1-2-17-20-13-11-15-7-3-5-9-18(15)22(20)23-19-10-6-4-8-16(19)12-14-21(17)23;1-3-7-18-14(5-1)9-11-16-13-17-12-10-15-6-2-4-8-19(15)21(17)20(16)18;;;/h3-14,17H,2H2,1H3;1-13H;2*1H;/q;;;;+2/p-2. The van der Waals surface area contributed by atoms with E-state index < -0.39 is 0 Å². The van der Waals surface area contributed by atoms with E-state index in [0.717, 1.165) is 6.42 Å². The second kappa shape index (κ2) is 12.7. The Hall–Kier alpha value is -3.74. The molecule has 0 bridgehead atoms. The van der Waals surface area contributed by atoms with Crippen molar-refractivity contribution in [1.29, 1.82) is 0 Å². The minimum atomic E-state index is 0. The fourth-order valence-corrected chi connectivity index (χ4v) is 9.29. The molecule has 0 atom stereocenters. The van der Waals surface area contributed by atoms with Gasteiger partial charge in [0.2, 0.25) is 0 Å². The van der Waals surface area contributed by atoms with Gasteiger partial charge in [-0.2, -0.15) is 0 Å². The van der Waals surface area contributed by atoms with Crippen molar-refractivity contribution >= 4 is 43.1 Å². The summed E-state index contributed by atoms with van der Waals surface area (Å²) in [6, 6.07) is 53.6. The molecule has 0 spiro atoms. The van der Waals surface area contributed by atoms with E-state index in [1.54, 1.807) is 24.7 Å². The number of hydrogen-bond donors (Lipinski definition) is 0. The summed E-state index contributed by atoms with van der Waals surface area (Å²) >= 11 is 1.57. The van der Waals surface area contributed by atoms with Gasteiger partial charge < -0.3 is 24.8 Å². The average molecular weight is 722 g/mol. The molecule has 0 heterocycles. The van der Waals surface area contributed by atoms with Gasteiger partial charge in [-0.3, -0.25) is 0 Å². The summed E-state index contributed by atoms with van der Waals surface area (Å²) in [4.78, 5) is 0. The summed E-state index contributed by atoms with van der Waals surface area (Å²) in [7, 11) is 0. The molecule has 0 saturated carbocycles. The summed E-state index contributed by atoms with van der Waals surface area (Å²) in [5.74, 6) is 0.522. The number of halogens is 2. The van der Waals surface area contributed by atoms with Crippen molar-refractivity contribution in [2.24, 2.45) is 0 Å². The second-order valence-electron chi connectivity index (χ2n) is 12.4. The van der Waals surface area contributed by atoms with Crippen LogP contribution in [0.1, 0.15) is 45.1 Å². The first kappa shape index (κ1) is 31.8. The predicted molar refractivity (Wildman–Crippen MR) is 188 cm³/mol. The zero-order valence-corrected chi connectivity index (χ0v) is 29.9. The number of fused-ring (bicyclic) bond motifs is 14. The third kappa shape index (κ3) is 4.90. The van der Waals surface area contributed by atoms with Crippen LogP contribution in [-0.2, 0) is 24.7 Å². The van der Waals surface area contributed by atoms with Crippen molar-refractivity contribution in [1.82, 2.24) is 0 Å². The van der Waals surface area contributed by atoms with Crippen LogP contribution in [0.25, 0.3) is 65.3 Å². The van der Waals surface area contributed by atoms with Crippen molar-refractivity contribution in [2.75, 3.05) is 0 Å². The molecule has 0 radical (unpaired) electrons. The van der Waals surface area contributed by atoms with Gasteiger partial charge in [-0.1, -0.05) is 79.7 Å². The Kier molecular flexibility index (Phi) is 8.61. The van der Waals surface area contributed by atoms with Crippen LogP contribution in [0.2, 0.25) is 0 Å². The van der Waals surface area contributed by atoms with Gasteiger partial charge in [-0.15, -0.1) is 0 Å². The van der Waals surface area contributed by atoms with Gasteiger partial charge in [0.05, 0.1) is 0 Å². The summed E-state index contributed by atoms with van der Waals surface area (Å²) in [5, 5.41) is 10.9. The van der Waals surface area contributed by atoms with Crippen molar-refractivity contribution in [3.8, 4) is 22.3 Å². The Bertz CT molecular complexity index is 2290. The SMILES string of the molecule is CCC1c2ccc3ccccc3c2-c2c1ccc1ccccc21.[Cl-].[Cl-].[Zr+2][CH]1c2ccc3ccccc3c2-c2c1ccc1ccccc21. The minimum absolute atomic E-state index is 0. The molecule has 47 heavy (non-hydrogen) atoms.